The second kappa shape index (κ2) is 13.6. The molecule has 0 aliphatic carbocycles. The van der Waals surface area contributed by atoms with Crippen molar-refractivity contribution < 1.29 is 23.9 Å². The first kappa shape index (κ1) is 26.3. The van der Waals surface area contributed by atoms with Gasteiger partial charge in [-0.1, -0.05) is 37.4 Å². The van der Waals surface area contributed by atoms with Crippen molar-refractivity contribution in [3.05, 3.63) is 84.0 Å². The fraction of sp³-hybridized carbons (Fsp3) is 0.240. The Hall–Kier alpha value is -3.71. The van der Waals surface area contributed by atoms with E-state index in [9.17, 15) is 14.4 Å². The van der Waals surface area contributed by atoms with Crippen LogP contribution in [0.4, 0.5) is 11.4 Å². The third-order valence-electron chi connectivity index (χ3n) is 4.09. The van der Waals surface area contributed by atoms with Gasteiger partial charge in [0.05, 0.1) is 20.1 Å². The van der Waals surface area contributed by atoms with Crippen molar-refractivity contribution in [1.29, 1.82) is 0 Å². The average molecular weight is 439 g/mol. The smallest absolute Gasteiger partial charge is 0.309 e. The maximum atomic E-state index is 11.3. The molecule has 2 N–H and O–H groups in total. The SMILES string of the molecule is C=C(C)C(=O)Nc1ccc(CC(=O)OC)cc1.C=C(C)C(=O)Nc1ccc(COC)cc1. The maximum Gasteiger partial charge on any atom is 0.309 e. The van der Waals surface area contributed by atoms with E-state index in [1.54, 1.807) is 45.2 Å². The van der Waals surface area contributed by atoms with E-state index in [0.29, 0.717) is 23.4 Å². The molecule has 2 amide bonds. The van der Waals surface area contributed by atoms with Crippen molar-refractivity contribution >= 4 is 29.2 Å². The monoisotopic (exact) mass is 438 g/mol. The second-order valence-corrected chi connectivity index (χ2v) is 7.05. The van der Waals surface area contributed by atoms with Gasteiger partial charge in [-0.25, -0.2) is 0 Å². The molecule has 0 atom stereocenters. The minimum absolute atomic E-state index is 0.158. The number of hydrogen-bond acceptors (Lipinski definition) is 5. The molecule has 0 unspecified atom stereocenters. The van der Waals surface area contributed by atoms with Crippen LogP contribution in [0.2, 0.25) is 0 Å². The lowest BCUT2D eigenvalue weighted by atomic mass is 10.1. The molecule has 7 nitrogen and oxygen atoms in total. The minimum Gasteiger partial charge on any atom is -0.469 e. The van der Waals surface area contributed by atoms with Crippen LogP contribution in [0.1, 0.15) is 25.0 Å². The summed E-state index contributed by atoms with van der Waals surface area (Å²) in [6.07, 6.45) is 0.227. The molecule has 0 saturated carbocycles. The van der Waals surface area contributed by atoms with E-state index in [2.05, 4.69) is 28.5 Å². The number of benzene rings is 2. The first-order valence-electron chi connectivity index (χ1n) is 9.83. The number of carbonyl (C=O) groups excluding carboxylic acids is 3. The first-order valence-corrected chi connectivity index (χ1v) is 9.83. The number of amides is 2. The van der Waals surface area contributed by atoms with Crippen molar-refractivity contribution in [3.63, 3.8) is 0 Å². The van der Waals surface area contributed by atoms with E-state index in [1.807, 2.05) is 24.3 Å². The largest absolute Gasteiger partial charge is 0.469 e. The van der Waals surface area contributed by atoms with Crippen LogP contribution in [-0.4, -0.2) is 32.0 Å². The first-order chi connectivity index (χ1) is 15.2. The molecule has 0 aromatic heterocycles. The Morgan fingerprint density at radius 1 is 0.750 bits per heavy atom. The zero-order chi connectivity index (χ0) is 24.1. The fourth-order valence-electron chi connectivity index (χ4n) is 2.27. The van der Waals surface area contributed by atoms with Crippen LogP contribution in [0.25, 0.3) is 0 Å². The number of ether oxygens (including phenoxy) is 2. The summed E-state index contributed by atoms with van der Waals surface area (Å²) in [7, 11) is 3.00. The van der Waals surface area contributed by atoms with Gasteiger partial charge in [0.15, 0.2) is 0 Å². The number of hydrogen-bond donors (Lipinski definition) is 2. The normalized spacial score (nSPS) is 9.62. The van der Waals surface area contributed by atoms with E-state index in [-0.39, 0.29) is 24.2 Å². The summed E-state index contributed by atoms with van der Waals surface area (Å²) >= 11 is 0. The number of methoxy groups -OCH3 is 2. The number of esters is 1. The highest BCUT2D eigenvalue weighted by Crippen LogP contribution is 2.12. The lowest BCUT2D eigenvalue weighted by Gasteiger charge is -2.05. The highest BCUT2D eigenvalue weighted by atomic mass is 16.5. The summed E-state index contributed by atoms with van der Waals surface area (Å²) in [5.41, 5.74) is 4.30. The number of nitrogens with one attached hydrogen (secondary N) is 2. The number of anilines is 2. The van der Waals surface area contributed by atoms with Gasteiger partial charge in [-0.2, -0.15) is 0 Å². The van der Waals surface area contributed by atoms with E-state index in [0.717, 1.165) is 16.8 Å². The topological polar surface area (TPSA) is 93.7 Å². The number of rotatable bonds is 8. The molecular weight excluding hydrogens is 408 g/mol. The van der Waals surface area contributed by atoms with Crippen LogP contribution in [0.5, 0.6) is 0 Å². The van der Waals surface area contributed by atoms with Crippen molar-refractivity contribution in [2.75, 3.05) is 24.9 Å². The van der Waals surface area contributed by atoms with Crippen molar-refractivity contribution in [2.24, 2.45) is 0 Å². The lowest BCUT2D eigenvalue weighted by molar-refractivity contribution is -0.139. The Morgan fingerprint density at radius 2 is 1.16 bits per heavy atom. The Labute approximate surface area is 189 Å². The van der Waals surface area contributed by atoms with E-state index < -0.39 is 0 Å². The number of carbonyl (C=O) groups is 3. The molecule has 0 radical (unpaired) electrons. The Morgan fingerprint density at radius 3 is 1.50 bits per heavy atom. The van der Waals surface area contributed by atoms with Crippen LogP contribution in [-0.2, 0) is 36.9 Å². The zero-order valence-corrected chi connectivity index (χ0v) is 19.0. The molecule has 170 valence electrons. The molecule has 7 heteroatoms. The summed E-state index contributed by atoms with van der Waals surface area (Å²) < 4.78 is 9.55. The van der Waals surface area contributed by atoms with Crippen LogP contribution in [0.3, 0.4) is 0 Å². The molecule has 32 heavy (non-hydrogen) atoms. The Bertz CT molecular complexity index is 947. The highest BCUT2D eigenvalue weighted by molar-refractivity contribution is 6.03. The van der Waals surface area contributed by atoms with Gasteiger partial charge in [0, 0.05) is 29.6 Å². The molecule has 2 aromatic rings. The van der Waals surface area contributed by atoms with Crippen molar-refractivity contribution in [1.82, 2.24) is 0 Å². The summed E-state index contributed by atoms with van der Waals surface area (Å²) in [4.78, 5) is 33.7. The predicted molar refractivity (Wildman–Crippen MR) is 126 cm³/mol. The quantitative estimate of drug-likeness (QED) is 0.474. The van der Waals surface area contributed by atoms with Crippen LogP contribution in [0.15, 0.2) is 72.8 Å². The van der Waals surface area contributed by atoms with Crippen molar-refractivity contribution in [3.8, 4) is 0 Å². The predicted octanol–water partition coefficient (Wildman–Crippen LogP) is 4.26. The van der Waals surface area contributed by atoms with Gasteiger partial charge in [-0.05, 0) is 49.2 Å². The molecule has 0 saturated heterocycles. The summed E-state index contributed by atoms with van der Waals surface area (Å²) in [6, 6.07) is 14.5. The minimum atomic E-state index is -0.288. The van der Waals surface area contributed by atoms with Gasteiger partial charge in [0.2, 0.25) is 0 Å². The molecule has 0 spiro atoms. The van der Waals surface area contributed by atoms with E-state index in [4.69, 9.17) is 4.74 Å². The van der Waals surface area contributed by atoms with Gasteiger partial charge in [-0.15, -0.1) is 0 Å². The average Bonchev–Trinajstić information content (AvgIpc) is 2.76. The lowest BCUT2D eigenvalue weighted by Crippen LogP contribution is -2.11. The van der Waals surface area contributed by atoms with Gasteiger partial charge in [0.1, 0.15) is 0 Å². The van der Waals surface area contributed by atoms with Crippen LogP contribution < -0.4 is 10.6 Å². The van der Waals surface area contributed by atoms with E-state index in [1.165, 1.54) is 7.11 Å². The summed E-state index contributed by atoms with van der Waals surface area (Å²) in [5, 5.41) is 5.41. The summed E-state index contributed by atoms with van der Waals surface area (Å²) in [6.45, 7) is 11.0. The molecule has 0 aliphatic rings. The molecular formula is C25H30N2O5. The third-order valence-corrected chi connectivity index (χ3v) is 4.09. The zero-order valence-electron chi connectivity index (χ0n) is 19.0. The summed E-state index contributed by atoms with van der Waals surface area (Å²) in [5.74, 6) is -0.663. The third kappa shape index (κ3) is 9.86. The van der Waals surface area contributed by atoms with Crippen molar-refractivity contribution in [2.45, 2.75) is 26.9 Å². The van der Waals surface area contributed by atoms with Crippen LogP contribution in [0, 0.1) is 0 Å². The van der Waals surface area contributed by atoms with E-state index >= 15 is 0 Å². The second-order valence-electron chi connectivity index (χ2n) is 7.05. The molecule has 0 fully saturated rings. The van der Waals surface area contributed by atoms with Gasteiger partial charge >= 0.3 is 5.97 Å². The Balaban J connectivity index is 0.000000323. The van der Waals surface area contributed by atoms with Gasteiger partial charge in [0.25, 0.3) is 11.8 Å². The molecule has 2 rings (SSSR count). The van der Waals surface area contributed by atoms with Gasteiger partial charge < -0.3 is 20.1 Å². The molecule has 2 aromatic carbocycles. The molecule has 0 heterocycles. The molecule has 0 bridgehead atoms. The standard InChI is InChI=1S/C13H15NO3.C12H15NO2/c1-9(2)13(16)14-11-6-4-10(5-7-11)8-12(15)17-3;1-9(2)12(14)13-11-6-4-10(5-7-11)8-15-3/h4-7H,1,8H2,2-3H3,(H,14,16);4-7H,1,8H2,2-3H3,(H,13,14). The maximum absolute atomic E-state index is 11.3. The highest BCUT2D eigenvalue weighted by Gasteiger charge is 2.05. The van der Waals surface area contributed by atoms with Crippen LogP contribution >= 0.6 is 0 Å². The molecule has 0 aliphatic heterocycles. The fourth-order valence-corrected chi connectivity index (χ4v) is 2.27. The van der Waals surface area contributed by atoms with Gasteiger partial charge in [-0.3, -0.25) is 14.4 Å². The Kier molecular flexibility index (Phi) is 11.2.